The van der Waals surface area contributed by atoms with Crippen LogP contribution in [0.4, 0.5) is 0 Å². The predicted molar refractivity (Wildman–Crippen MR) is 229 cm³/mol. The Hall–Kier alpha value is -4.38. The Morgan fingerprint density at radius 3 is 1.07 bits per heavy atom. The van der Waals surface area contributed by atoms with Crippen LogP contribution in [-0.4, -0.2) is 24.4 Å². The van der Waals surface area contributed by atoms with Gasteiger partial charge in [0.25, 0.3) is 0 Å². The normalized spacial score (nSPS) is 17.1. The maximum absolute atomic E-state index is 9.88. The van der Waals surface area contributed by atoms with E-state index in [2.05, 4.69) is 125 Å². The monoisotopic (exact) mass is 750 g/mol. The van der Waals surface area contributed by atoms with Crippen molar-refractivity contribution in [3.8, 4) is 11.5 Å². The number of hydrogen-bond acceptors (Lipinski definition) is 4. The van der Waals surface area contributed by atoms with Gasteiger partial charge in [0.15, 0.2) is 0 Å². The number of aliphatic hydroxyl groups is 2. The maximum atomic E-state index is 9.88. The van der Waals surface area contributed by atoms with Crippen molar-refractivity contribution in [2.75, 3.05) is 14.2 Å². The van der Waals surface area contributed by atoms with Gasteiger partial charge < -0.3 is 19.7 Å². The molecule has 2 fully saturated rings. The molecule has 0 aliphatic heterocycles. The van der Waals surface area contributed by atoms with Crippen LogP contribution in [0.2, 0.25) is 0 Å². The molecule has 2 aliphatic rings. The summed E-state index contributed by atoms with van der Waals surface area (Å²) in [6.07, 6.45) is 11.5. The highest BCUT2D eigenvalue weighted by atomic mass is 16.5. The van der Waals surface area contributed by atoms with Crippen LogP contribution in [0.3, 0.4) is 0 Å². The van der Waals surface area contributed by atoms with Crippen LogP contribution in [0.1, 0.15) is 118 Å². The average Bonchev–Trinajstić information content (AvgIpc) is 3.22. The number of benzene rings is 5. The van der Waals surface area contributed by atoms with Gasteiger partial charge in [0.2, 0.25) is 0 Å². The first kappa shape index (κ1) is 39.8. The van der Waals surface area contributed by atoms with E-state index in [4.69, 9.17) is 9.47 Å². The van der Waals surface area contributed by atoms with E-state index in [1.165, 1.54) is 70.2 Å². The lowest BCUT2D eigenvalue weighted by molar-refractivity contribution is 0.262. The first-order valence-corrected chi connectivity index (χ1v) is 20.9. The van der Waals surface area contributed by atoms with E-state index in [0.717, 1.165) is 72.3 Å². The molecule has 4 nitrogen and oxygen atoms in total. The van der Waals surface area contributed by atoms with Crippen molar-refractivity contribution < 1.29 is 19.7 Å². The fraction of sp³-hybridized carbons (Fsp3) is 0.423. The molecule has 0 radical (unpaired) electrons. The Morgan fingerprint density at radius 1 is 0.464 bits per heavy atom. The van der Waals surface area contributed by atoms with Gasteiger partial charge in [-0.2, -0.15) is 0 Å². The van der Waals surface area contributed by atoms with E-state index in [0.29, 0.717) is 11.8 Å². The minimum atomic E-state index is -0.0617. The lowest BCUT2D eigenvalue weighted by atomic mass is 9.62. The molecule has 0 atom stereocenters. The summed E-state index contributed by atoms with van der Waals surface area (Å²) in [7, 11) is 3.51. The summed E-state index contributed by atoms with van der Waals surface area (Å²) in [6.45, 7) is 8.69. The largest absolute Gasteiger partial charge is 0.496 e. The summed E-state index contributed by atoms with van der Waals surface area (Å²) in [4.78, 5) is 0. The van der Waals surface area contributed by atoms with Crippen molar-refractivity contribution in [3.63, 3.8) is 0 Å². The molecule has 4 heteroatoms. The molecule has 0 unspecified atom stereocenters. The van der Waals surface area contributed by atoms with E-state index in [1.807, 2.05) is 0 Å². The summed E-state index contributed by atoms with van der Waals surface area (Å²) >= 11 is 0. The van der Waals surface area contributed by atoms with Gasteiger partial charge in [0.05, 0.1) is 27.4 Å². The van der Waals surface area contributed by atoms with Gasteiger partial charge in [-0.1, -0.05) is 84.9 Å². The van der Waals surface area contributed by atoms with Crippen LogP contribution in [-0.2, 0) is 36.9 Å². The standard InChI is InChI=1S/C52H62O4/c1-35-27-45(13-11-43(35)33-53)51(46-14-12-44(34-54)36(2)28-46)23-19-41(20-24-51)31-39-7-9-40(10-8-39)32-42-21-25-52(26-22-42,47-15-17-49(55-5)37(3)29-47)48-16-18-50(56-6)38(4)30-48/h7-18,27-30,41-42,53-54H,19-26,31-34H2,1-6H3. The molecule has 0 saturated heterocycles. The molecular formula is C52H62O4. The molecule has 0 spiro atoms. The molecule has 0 heterocycles. The summed E-state index contributed by atoms with van der Waals surface area (Å²) in [5, 5.41) is 19.8. The van der Waals surface area contributed by atoms with E-state index >= 15 is 0 Å². The molecule has 56 heavy (non-hydrogen) atoms. The number of aliphatic hydroxyl groups excluding tert-OH is 2. The fourth-order valence-corrected chi connectivity index (χ4v) is 10.4. The molecule has 2 N–H and O–H groups in total. The van der Waals surface area contributed by atoms with Crippen molar-refractivity contribution in [2.45, 2.75) is 116 Å². The van der Waals surface area contributed by atoms with Gasteiger partial charge in [-0.15, -0.1) is 0 Å². The van der Waals surface area contributed by atoms with Crippen LogP contribution in [0.15, 0.2) is 97.1 Å². The van der Waals surface area contributed by atoms with Crippen molar-refractivity contribution in [1.29, 1.82) is 0 Å². The summed E-state index contributed by atoms with van der Waals surface area (Å²) < 4.78 is 11.3. The van der Waals surface area contributed by atoms with E-state index in [-0.39, 0.29) is 24.0 Å². The minimum Gasteiger partial charge on any atom is -0.496 e. The molecule has 7 rings (SSSR count). The molecule has 5 aromatic rings. The number of hydrogen-bond donors (Lipinski definition) is 2. The molecule has 5 aromatic carbocycles. The molecule has 0 aromatic heterocycles. The first-order valence-electron chi connectivity index (χ1n) is 20.9. The number of ether oxygens (including phenoxy) is 2. The highest BCUT2D eigenvalue weighted by Gasteiger charge is 2.40. The predicted octanol–water partition coefficient (Wildman–Crippen LogP) is 11.4. The number of rotatable bonds is 12. The third kappa shape index (κ3) is 7.93. The fourth-order valence-electron chi connectivity index (χ4n) is 10.4. The number of aryl methyl sites for hydroxylation is 4. The second-order valence-electron chi connectivity index (χ2n) is 17.2. The Labute approximate surface area is 335 Å². The van der Waals surface area contributed by atoms with Crippen LogP contribution in [0.25, 0.3) is 0 Å². The second kappa shape index (κ2) is 17.0. The topological polar surface area (TPSA) is 58.9 Å². The second-order valence-corrected chi connectivity index (χ2v) is 17.2. The lowest BCUT2D eigenvalue weighted by Gasteiger charge is -2.42. The Kier molecular flexibility index (Phi) is 12.1. The Balaban J connectivity index is 1.02. The Bertz CT molecular complexity index is 1850. The molecule has 0 bridgehead atoms. The first-order chi connectivity index (χ1) is 27.1. The van der Waals surface area contributed by atoms with E-state index in [9.17, 15) is 10.2 Å². The molecule has 2 saturated carbocycles. The zero-order valence-electron chi connectivity index (χ0n) is 34.6. The number of methoxy groups -OCH3 is 2. The molecule has 0 amide bonds. The summed E-state index contributed by atoms with van der Waals surface area (Å²) in [5.41, 5.74) is 15.0. The van der Waals surface area contributed by atoms with Gasteiger partial charge >= 0.3 is 0 Å². The summed E-state index contributed by atoms with van der Waals surface area (Å²) in [5.74, 6) is 3.22. The molecular weight excluding hydrogens is 689 g/mol. The van der Waals surface area contributed by atoms with Gasteiger partial charge in [0, 0.05) is 10.8 Å². The smallest absolute Gasteiger partial charge is 0.121 e. The van der Waals surface area contributed by atoms with Crippen molar-refractivity contribution in [1.82, 2.24) is 0 Å². The molecule has 2 aliphatic carbocycles. The third-order valence-electron chi connectivity index (χ3n) is 14.0. The van der Waals surface area contributed by atoms with Crippen LogP contribution >= 0.6 is 0 Å². The van der Waals surface area contributed by atoms with Gasteiger partial charge in [-0.3, -0.25) is 0 Å². The molecule has 294 valence electrons. The van der Waals surface area contributed by atoms with Crippen molar-refractivity contribution in [3.05, 3.63) is 164 Å². The van der Waals surface area contributed by atoms with Crippen LogP contribution in [0, 0.1) is 39.5 Å². The SMILES string of the molecule is COc1ccc(C2(c3ccc(OC)c(C)c3)CCC(Cc3ccc(CC4CCC(c5ccc(CO)c(C)c5)(c5ccc(CO)c(C)c5)CC4)cc3)CC2)cc1C. The highest BCUT2D eigenvalue weighted by Crippen LogP contribution is 2.50. The quantitative estimate of drug-likeness (QED) is 0.133. The Morgan fingerprint density at radius 2 is 0.786 bits per heavy atom. The third-order valence-corrected chi connectivity index (χ3v) is 14.0. The summed E-state index contributed by atoms with van der Waals surface area (Å²) in [6, 6.07) is 36.6. The zero-order valence-corrected chi connectivity index (χ0v) is 34.6. The zero-order chi connectivity index (χ0) is 39.5. The van der Waals surface area contributed by atoms with Gasteiger partial charge in [-0.05, 0) is 183 Å². The lowest BCUT2D eigenvalue weighted by Crippen LogP contribution is -2.34. The van der Waals surface area contributed by atoms with Gasteiger partial charge in [0.1, 0.15) is 11.5 Å². The minimum absolute atomic E-state index is 0.0184. The van der Waals surface area contributed by atoms with Crippen LogP contribution in [0.5, 0.6) is 11.5 Å². The maximum Gasteiger partial charge on any atom is 0.121 e. The van der Waals surface area contributed by atoms with E-state index in [1.54, 1.807) is 14.2 Å². The van der Waals surface area contributed by atoms with Crippen molar-refractivity contribution >= 4 is 0 Å². The van der Waals surface area contributed by atoms with Crippen molar-refractivity contribution in [2.24, 2.45) is 11.8 Å². The highest BCUT2D eigenvalue weighted by molar-refractivity contribution is 5.49. The van der Waals surface area contributed by atoms with E-state index < -0.39 is 0 Å². The van der Waals surface area contributed by atoms with Crippen LogP contribution < -0.4 is 9.47 Å². The van der Waals surface area contributed by atoms with Gasteiger partial charge in [-0.25, -0.2) is 0 Å². The average molecular weight is 751 g/mol.